The SMILES string of the molecule is NCCOCCn1c(-c2ccccc2)nc2cc(F)c(F)cc21. The van der Waals surface area contributed by atoms with Gasteiger partial charge >= 0.3 is 0 Å². The zero-order valence-corrected chi connectivity index (χ0v) is 12.5. The highest BCUT2D eigenvalue weighted by Gasteiger charge is 2.15. The largest absolute Gasteiger partial charge is 0.378 e. The van der Waals surface area contributed by atoms with Gasteiger partial charge in [0.2, 0.25) is 0 Å². The van der Waals surface area contributed by atoms with Crippen LogP contribution in [-0.2, 0) is 11.3 Å². The second-order valence-corrected chi connectivity index (χ2v) is 5.11. The van der Waals surface area contributed by atoms with E-state index in [0.29, 0.717) is 43.2 Å². The summed E-state index contributed by atoms with van der Waals surface area (Å²) < 4.78 is 34.3. The number of imidazole rings is 1. The standard InChI is InChI=1S/C17H17F2N3O/c18-13-10-15-16(11-14(13)19)22(7-9-23-8-6-20)17(21-15)12-4-2-1-3-5-12/h1-5,10-11H,6-9,20H2. The molecule has 4 nitrogen and oxygen atoms in total. The smallest absolute Gasteiger partial charge is 0.161 e. The van der Waals surface area contributed by atoms with Gasteiger partial charge in [-0.05, 0) is 0 Å². The van der Waals surface area contributed by atoms with Crippen LogP contribution in [0.2, 0.25) is 0 Å². The first-order valence-electron chi connectivity index (χ1n) is 7.39. The second-order valence-electron chi connectivity index (χ2n) is 5.11. The van der Waals surface area contributed by atoms with Crippen LogP contribution in [0.5, 0.6) is 0 Å². The molecular formula is C17H17F2N3O. The minimum Gasteiger partial charge on any atom is -0.378 e. The van der Waals surface area contributed by atoms with Gasteiger partial charge in [0.1, 0.15) is 5.82 Å². The molecule has 0 aliphatic carbocycles. The maximum Gasteiger partial charge on any atom is 0.161 e. The number of aromatic nitrogens is 2. The van der Waals surface area contributed by atoms with E-state index >= 15 is 0 Å². The van der Waals surface area contributed by atoms with Crippen molar-refractivity contribution >= 4 is 11.0 Å². The van der Waals surface area contributed by atoms with Gasteiger partial charge < -0.3 is 15.0 Å². The highest BCUT2D eigenvalue weighted by Crippen LogP contribution is 2.26. The summed E-state index contributed by atoms with van der Waals surface area (Å²) in [5.41, 5.74) is 7.24. The molecule has 1 heterocycles. The molecule has 0 atom stereocenters. The van der Waals surface area contributed by atoms with Crippen molar-refractivity contribution < 1.29 is 13.5 Å². The predicted octanol–water partition coefficient (Wildman–Crippen LogP) is 2.96. The van der Waals surface area contributed by atoms with Crippen LogP contribution >= 0.6 is 0 Å². The molecule has 120 valence electrons. The van der Waals surface area contributed by atoms with Crippen LogP contribution in [0.1, 0.15) is 0 Å². The fraction of sp³-hybridized carbons (Fsp3) is 0.235. The van der Waals surface area contributed by atoms with Gasteiger partial charge in [0.25, 0.3) is 0 Å². The van der Waals surface area contributed by atoms with Gasteiger partial charge in [-0.25, -0.2) is 13.8 Å². The molecule has 0 saturated heterocycles. The van der Waals surface area contributed by atoms with Gasteiger partial charge in [0.05, 0.1) is 24.2 Å². The Morgan fingerprint density at radius 3 is 2.52 bits per heavy atom. The maximum atomic E-state index is 13.6. The van der Waals surface area contributed by atoms with Crippen molar-refractivity contribution in [3.05, 3.63) is 54.1 Å². The molecule has 0 saturated carbocycles. The normalized spacial score (nSPS) is 11.3. The molecule has 23 heavy (non-hydrogen) atoms. The van der Waals surface area contributed by atoms with Gasteiger partial charge in [0, 0.05) is 30.8 Å². The average molecular weight is 317 g/mol. The van der Waals surface area contributed by atoms with E-state index in [4.69, 9.17) is 10.5 Å². The Kier molecular flexibility index (Phi) is 4.64. The number of benzene rings is 2. The molecule has 0 aliphatic heterocycles. The first-order valence-corrected chi connectivity index (χ1v) is 7.39. The van der Waals surface area contributed by atoms with E-state index in [1.807, 2.05) is 34.9 Å². The third-order valence-electron chi connectivity index (χ3n) is 3.54. The van der Waals surface area contributed by atoms with E-state index in [1.165, 1.54) is 6.07 Å². The molecule has 3 rings (SSSR count). The minimum absolute atomic E-state index is 0.418. The van der Waals surface area contributed by atoms with Crippen molar-refractivity contribution in [2.45, 2.75) is 6.54 Å². The van der Waals surface area contributed by atoms with Crippen LogP contribution in [-0.4, -0.2) is 29.3 Å². The van der Waals surface area contributed by atoms with Crippen molar-refractivity contribution in [3.63, 3.8) is 0 Å². The third kappa shape index (κ3) is 3.23. The molecule has 0 radical (unpaired) electrons. The summed E-state index contributed by atoms with van der Waals surface area (Å²) in [6.45, 7) is 1.79. The highest BCUT2D eigenvalue weighted by molar-refractivity contribution is 5.80. The Balaban J connectivity index is 2.06. The number of hydrogen-bond acceptors (Lipinski definition) is 3. The topological polar surface area (TPSA) is 53.1 Å². The van der Waals surface area contributed by atoms with Crippen LogP contribution in [0.25, 0.3) is 22.4 Å². The van der Waals surface area contributed by atoms with Gasteiger partial charge in [-0.15, -0.1) is 0 Å². The van der Waals surface area contributed by atoms with Crippen LogP contribution in [0.3, 0.4) is 0 Å². The number of halogens is 2. The Labute approximate surface area is 132 Å². The Hall–Kier alpha value is -2.31. The highest BCUT2D eigenvalue weighted by atomic mass is 19.2. The fourth-order valence-electron chi connectivity index (χ4n) is 2.50. The summed E-state index contributed by atoms with van der Waals surface area (Å²) in [5, 5.41) is 0. The number of nitrogens with zero attached hydrogens (tertiary/aromatic N) is 2. The molecule has 0 amide bonds. The Morgan fingerprint density at radius 1 is 1.04 bits per heavy atom. The molecule has 2 N–H and O–H groups in total. The lowest BCUT2D eigenvalue weighted by Crippen LogP contribution is -2.13. The molecule has 3 aromatic rings. The van der Waals surface area contributed by atoms with Crippen LogP contribution in [0, 0.1) is 11.6 Å². The van der Waals surface area contributed by atoms with Crippen LogP contribution in [0.4, 0.5) is 8.78 Å². The molecule has 0 bridgehead atoms. The lowest BCUT2D eigenvalue weighted by molar-refractivity contribution is 0.134. The van der Waals surface area contributed by atoms with Gasteiger partial charge in [-0.3, -0.25) is 0 Å². The van der Waals surface area contributed by atoms with E-state index in [0.717, 1.165) is 11.6 Å². The molecule has 2 aromatic carbocycles. The van der Waals surface area contributed by atoms with E-state index in [9.17, 15) is 8.78 Å². The summed E-state index contributed by atoms with van der Waals surface area (Å²) in [6.07, 6.45) is 0. The second kappa shape index (κ2) is 6.85. The lowest BCUT2D eigenvalue weighted by atomic mass is 10.2. The van der Waals surface area contributed by atoms with Crippen molar-refractivity contribution in [1.82, 2.24) is 9.55 Å². The molecule has 0 spiro atoms. The maximum absolute atomic E-state index is 13.6. The van der Waals surface area contributed by atoms with Crippen molar-refractivity contribution in [3.8, 4) is 11.4 Å². The minimum atomic E-state index is -0.902. The zero-order valence-electron chi connectivity index (χ0n) is 12.5. The molecule has 0 aliphatic rings. The first-order chi connectivity index (χ1) is 11.2. The van der Waals surface area contributed by atoms with E-state index in [-0.39, 0.29) is 0 Å². The number of nitrogens with two attached hydrogens (primary N) is 1. The van der Waals surface area contributed by atoms with Crippen LogP contribution < -0.4 is 5.73 Å². The van der Waals surface area contributed by atoms with Crippen molar-refractivity contribution in [1.29, 1.82) is 0 Å². The average Bonchev–Trinajstić information content (AvgIpc) is 2.91. The third-order valence-corrected chi connectivity index (χ3v) is 3.54. The lowest BCUT2D eigenvalue weighted by Gasteiger charge is -2.10. The van der Waals surface area contributed by atoms with Crippen molar-refractivity contribution in [2.24, 2.45) is 5.73 Å². The molecule has 6 heteroatoms. The number of fused-ring (bicyclic) bond motifs is 1. The van der Waals surface area contributed by atoms with E-state index in [1.54, 1.807) is 0 Å². The van der Waals surface area contributed by atoms with E-state index in [2.05, 4.69) is 4.98 Å². The Bertz CT molecular complexity index is 802. The van der Waals surface area contributed by atoms with Crippen LogP contribution in [0.15, 0.2) is 42.5 Å². The Morgan fingerprint density at radius 2 is 1.78 bits per heavy atom. The number of ether oxygens (including phenoxy) is 1. The quantitative estimate of drug-likeness (QED) is 0.711. The first kappa shape index (κ1) is 15.6. The predicted molar refractivity (Wildman–Crippen MR) is 85.0 cm³/mol. The summed E-state index contributed by atoms with van der Waals surface area (Å²) in [5.74, 6) is -1.13. The number of rotatable bonds is 6. The molecule has 0 unspecified atom stereocenters. The monoisotopic (exact) mass is 317 g/mol. The zero-order chi connectivity index (χ0) is 16.2. The summed E-state index contributed by atoms with van der Waals surface area (Å²) in [7, 11) is 0. The van der Waals surface area contributed by atoms with Gasteiger partial charge in [-0.1, -0.05) is 30.3 Å². The molecule has 1 aromatic heterocycles. The molecule has 0 fully saturated rings. The summed E-state index contributed by atoms with van der Waals surface area (Å²) in [6, 6.07) is 11.8. The van der Waals surface area contributed by atoms with E-state index < -0.39 is 11.6 Å². The molecular weight excluding hydrogens is 300 g/mol. The summed E-state index contributed by atoms with van der Waals surface area (Å²) >= 11 is 0. The number of hydrogen-bond donors (Lipinski definition) is 1. The summed E-state index contributed by atoms with van der Waals surface area (Å²) in [4.78, 5) is 4.46. The van der Waals surface area contributed by atoms with Gasteiger partial charge in [0.15, 0.2) is 11.6 Å². The van der Waals surface area contributed by atoms with Crippen molar-refractivity contribution in [2.75, 3.05) is 19.8 Å². The van der Waals surface area contributed by atoms with Gasteiger partial charge in [-0.2, -0.15) is 0 Å². The fourth-order valence-corrected chi connectivity index (χ4v) is 2.50.